The minimum atomic E-state index is -1.78. The number of aliphatic hydroxyl groups excluding tert-OH is 3. The average molecular weight is 447 g/mol. The Morgan fingerprint density at radius 1 is 1.09 bits per heavy atom. The Kier molecular flexibility index (Phi) is 7.29. The van der Waals surface area contributed by atoms with Crippen LogP contribution in [0.5, 0.6) is 0 Å². The van der Waals surface area contributed by atoms with Crippen LogP contribution < -0.4 is 5.11 Å². The van der Waals surface area contributed by atoms with Crippen LogP contribution in [0.25, 0.3) is 0 Å². The van der Waals surface area contributed by atoms with E-state index in [1.54, 1.807) is 20.3 Å². The first-order valence-corrected chi connectivity index (χ1v) is 10.4. The predicted octanol–water partition coefficient (Wildman–Crippen LogP) is -1.00. The molecule has 1 fully saturated rings. The number of hydrogen-bond donors (Lipinski definition) is 3. The van der Waals surface area contributed by atoms with Gasteiger partial charge in [0.05, 0.1) is 32.4 Å². The lowest BCUT2D eigenvalue weighted by molar-refractivity contribution is -0.945. The van der Waals surface area contributed by atoms with E-state index in [2.05, 4.69) is 4.98 Å². The van der Waals surface area contributed by atoms with Gasteiger partial charge in [0.15, 0.2) is 6.10 Å². The fourth-order valence-corrected chi connectivity index (χ4v) is 3.95. The number of carbonyl (C=O) groups is 1. The van der Waals surface area contributed by atoms with E-state index < -0.39 is 42.2 Å². The second-order valence-electron chi connectivity index (χ2n) is 8.70. The zero-order valence-electron chi connectivity index (χ0n) is 18.4. The topological polar surface area (TPSA) is 132 Å². The number of likely N-dealkylation sites (N-methyl/N-ethyl adjacent to an activating group) is 1. The number of rotatable bonds is 8. The highest BCUT2D eigenvalue weighted by Crippen LogP contribution is 2.32. The molecule has 1 aromatic carbocycles. The molecule has 1 aromatic heterocycles. The van der Waals surface area contributed by atoms with Crippen molar-refractivity contribution in [1.29, 1.82) is 0 Å². The number of pyridine rings is 1. The van der Waals surface area contributed by atoms with E-state index >= 15 is 0 Å². The molecule has 1 saturated heterocycles. The first kappa shape index (κ1) is 24.2. The third-order valence-corrected chi connectivity index (χ3v) is 6.05. The molecule has 1 aliphatic heterocycles. The molecule has 0 radical (unpaired) electrons. The van der Waals surface area contributed by atoms with Crippen molar-refractivity contribution in [3.63, 3.8) is 0 Å². The molecule has 32 heavy (non-hydrogen) atoms. The van der Waals surface area contributed by atoms with Crippen LogP contribution >= 0.6 is 0 Å². The monoisotopic (exact) mass is 446 g/mol. The van der Waals surface area contributed by atoms with E-state index in [1.807, 2.05) is 55.5 Å². The number of quaternary nitrogens is 1. The van der Waals surface area contributed by atoms with Crippen molar-refractivity contribution in [3.8, 4) is 0 Å². The molecular formula is C23H30N2O7. The second-order valence-corrected chi connectivity index (χ2v) is 8.70. The maximum Gasteiger partial charge on any atom is 0.222 e. The summed E-state index contributed by atoms with van der Waals surface area (Å²) in [5.41, 5.74) is 0.784. The summed E-state index contributed by atoms with van der Waals surface area (Å²) >= 11 is 0. The summed E-state index contributed by atoms with van der Waals surface area (Å²) in [5, 5.41) is 41.8. The van der Waals surface area contributed by atoms with Crippen molar-refractivity contribution >= 4 is 5.97 Å². The first-order valence-electron chi connectivity index (χ1n) is 10.4. The third-order valence-electron chi connectivity index (χ3n) is 6.05. The molecular weight excluding hydrogens is 416 g/mol. The maximum atomic E-state index is 11.3. The van der Waals surface area contributed by atoms with Gasteiger partial charge in [-0.3, -0.25) is 9.47 Å². The molecule has 9 nitrogen and oxygen atoms in total. The number of benzene rings is 1. The van der Waals surface area contributed by atoms with E-state index in [4.69, 9.17) is 9.47 Å². The fourth-order valence-electron chi connectivity index (χ4n) is 3.95. The van der Waals surface area contributed by atoms with Crippen molar-refractivity contribution in [1.82, 2.24) is 4.98 Å². The Labute approximate surface area is 187 Å². The predicted molar refractivity (Wildman–Crippen MR) is 112 cm³/mol. The number of aromatic nitrogens is 1. The summed E-state index contributed by atoms with van der Waals surface area (Å²) in [6.07, 6.45) is -6.13. The number of ether oxygens (including phenoxy) is 2. The molecule has 0 saturated carbocycles. The van der Waals surface area contributed by atoms with Gasteiger partial charge in [-0.05, 0) is 24.6 Å². The van der Waals surface area contributed by atoms with Crippen LogP contribution in [0.4, 0.5) is 0 Å². The largest absolute Gasteiger partial charge is 0.547 e. The Morgan fingerprint density at radius 2 is 1.75 bits per heavy atom. The van der Waals surface area contributed by atoms with Crippen molar-refractivity contribution in [3.05, 3.63) is 66.0 Å². The van der Waals surface area contributed by atoms with Crippen molar-refractivity contribution in [2.45, 2.75) is 43.2 Å². The van der Waals surface area contributed by atoms with Crippen LogP contribution in [-0.4, -0.2) is 88.6 Å². The van der Waals surface area contributed by atoms with Crippen LogP contribution in [0.15, 0.2) is 54.7 Å². The highest BCUT2D eigenvalue weighted by Gasteiger charge is 2.51. The van der Waals surface area contributed by atoms with E-state index in [1.165, 1.54) is 0 Å². The Hall–Kier alpha value is -2.40. The minimum absolute atomic E-state index is 0.0260. The summed E-state index contributed by atoms with van der Waals surface area (Å²) < 4.78 is 11.7. The van der Waals surface area contributed by atoms with Gasteiger partial charge < -0.3 is 34.7 Å². The molecule has 2 heterocycles. The van der Waals surface area contributed by atoms with Crippen LogP contribution in [0, 0.1) is 0 Å². The number of carbonyl (C=O) groups excluding carboxylic acids is 1. The number of carboxylic acid groups (broad SMARTS) is 1. The summed E-state index contributed by atoms with van der Waals surface area (Å²) in [4.78, 5) is 15.8. The highest BCUT2D eigenvalue weighted by molar-refractivity contribution is 5.71. The molecule has 174 valence electrons. The van der Waals surface area contributed by atoms with E-state index in [0.717, 1.165) is 11.3 Å². The normalized spacial score (nSPS) is 28.1. The van der Waals surface area contributed by atoms with Crippen LogP contribution in [-0.2, 0) is 19.9 Å². The molecule has 0 aliphatic carbocycles. The number of hydrogen-bond acceptors (Lipinski definition) is 8. The number of aliphatic carboxylic acids is 1. The molecule has 3 N–H and O–H groups in total. The Bertz CT molecular complexity index is 854. The van der Waals surface area contributed by atoms with Crippen molar-refractivity contribution < 1.29 is 39.2 Å². The molecule has 0 bridgehead atoms. The highest BCUT2D eigenvalue weighted by atomic mass is 16.6. The lowest BCUT2D eigenvalue weighted by Gasteiger charge is -2.47. The van der Waals surface area contributed by atoms with Gasteiger partial charge in [0, 0.05) is 6.20 Å². The molecule has 2 aromatic rings. The van der Waals surface area contributed by atoms with Gasteiger partial charge in [-0.25, -0.2) is 0 Å². The maximum absolute atomic E-state index is 11.3. The molecule has 2 unspecified atom stereocenters. The average Bonchev–Trinajstić information content (AvgIpc) is 2.78. The van der Waals surface area contributed by atoms with Crippen LogP contribution in [0.3, 0.4) is 0 Å². The molecule has 3 rings (SSSR count). The summed E-state index contributed by atoms with van der Waals surface area (Å²) in [5.74, 6) is -1.66. The number of aliphatic hydroxyl groups is 3. The summed E-state index contributed by atoms with van der Waals surface area (Å²) in [6, 6.07) is 15.2. The van der Waals surface area contributed by atoms with E-state index in [9.17, 15) is 25.2 Å². The molecule has 0 amide bonds. The lowest BCUT2D eigenvalue weighted by Crippen LogP contribution is -2.69. The van der Waals surface area contributed by atoms with Gasteiger partial charge in [-0.1, -0.05) is 36.4 Å². The van der Waals surface area contributed by atoms with Crippen LogP contribution in [0.2, 0.25) is 0 Å². The van der Waals surface area contributed by atoms with Gasteiger partial charge >= 0.3 is 0 Å². The van der Waals surface area contributed by atoms with E-state index in [-0.39, 0.29) is 11.1 Å². The van der Waals surface area contributed by atoms with Gasteiger partial charge in [0.25, 0.3) is 0 Å². The minimum Gasteiger partial charge on any atom is -0.547 e. The van der Waals surface area contributed by atoms with E-state index in [0.29, 0.717) is 6.54 Å². The number of nitrogens with zero attached hydrogens (tertiary/aromatic N) is 2. The zero-order valence-corrected chi connectivity index (χ0v) is 18.4. The molecule has 1 aliphatic rings. The quantitative estimate of drug-likeness (QED) is 0.440. The zero-order chi connectivity index (χ0) is 23.5. The Morgan fingerprint density at radius 3 is 2.34 bits per heavy atom. The lowest BCUT2D eigenvalue weighted by atomic mass is 9.91. The molecule has 0 spiro atoms. The SMILES string of the molecule is CC(OCC[N+](C)(C)C1O[C@H](C(=O)[O-])[C@@H](O)[C@H](O)[C@H]1O)(c1ccccc1)c1ccccn1. The smallest absolute Gasteiger partial charge is 0.222 e. The van der Waals surface area contributed by atoms with Gasteiger partial charge in [-0.2, -0.15) is 0 Å². The van der Waals surface area contributed by atoms with Gasteiger partial charge in [0.2, 0.25) is 6.23 Å². The fraction of sp³-hybridized carbons (Fsp3) is 0.478. The molecule has 9 heteroatoms. The van der Waals surface area contributed by atoms with Gasteiger partial charge in [0.1, 0.15) is 30.5 Å². The van der Waals surface area contributed by atoms with Crippen molar-refractivity contribution in [2.75, 3.05) is 27.2 Å². The molecule has 6 atom stereocenters. The Balaban J connectivity index is 1.77. The third kappa shape index (κ3) is 4.83. The standard InChI is InChI=1S/C23H30N2O7/c1-23(15-9-5-4-6-10-15,16-11-7-8-12-24-16)31-14-13-25(2,3)21-19(28)17(26)18(27)20(32-21)22(29)30/h4-12,17-21,26-28H,13-14H2,1-3H3/t17-,18-,19+,20-,21?,23?/m0/s1. The summed E-state index contributed by atoms with van der Waals surface area (Å²) in [7, 11) is 3.43. The first-order chi connectivity index (χ1) is 15.1. The summed E-state index contributed by atoms with van der Waals surface area (Å²) in [6.45, 7) is 2.43. The second kappa shape index (κ2) is 9.62. The number of carboxylic acids is 1. The van der Waals surface area contributed by atoms with Crippen LogP contribution in [0.1, 0.15) is 18.2 Å². The van der Waals surface area contributed by atoms with Crippen molar-refractivity contribution in [2.24, 2.45) is 0 Å². The van der Waals surface area contributed by atoms with Gasteiger partial charge in [-0.15, -0.1) is 0 Å².